The molecule has 1 saturated heterocycles. The Hall–Kier alpha value is -2.75. The monoisotopic (exact) mass is 517 g/mol. The number of methoxy groups -OCH3 is 1. The molecule has 10 heteroatoms. The molecule has 7 nitrogen and oxygen atoms in total. The van der Waals surface area contributed by atoms with Gasteiger partial charge in [-0.15, -0.1) is 0 Å². The van der Waals surface area contributed by atoms with Crippen LogP contribution in [0.25, 0.3) is 0 Å². The molecule has 0 bridgehead atoms. The molecule has 2 aromatic carbocycles. The quantitative estimate of drug-likeness (QED) is 0.403. The molecule has 4 rings (SSSR count). The number of nitrogens with zero attached hydrogens (tertiary/aromatic N) is 5. The summed E-state index contributed by atoms with van der Waals surface area (Å²) in [4.78, 5) is 23.8. The van der Waals surface area contributed by atoms with E-state index < -0.39 is 0 Å². The molecule has 0 N–H and O–H groups in total. The lowest BCUT2D eigenvalue weighted by Crippen LogP contribution is -2.49. The van der Waals surface area contributed by atoms with Gasteiger partial charge in [0.15, 0.2) is 0 Å². The van der Waals surface area contributed by atoms with E-state index in [2.05, 4.69) is 14.3 Å². The molecule has 0 radical (unpaired) electrons. The number of benzene rings is 2. The Labute approximate surface area is 214 Å². The highest BCUT2D eigenvalue weighted by Crippen LogP contribution is 2.26. The molecule has 3 aromatic rings. The van der Waals surface area contributed by atoms with Crippen LogP contribution in [-0.4, -0.2) is 73.1 Å². The van der Waals surface area contributed by atoms with Crippen molar-refractivity contribution in [2.24, 2.45) is 0 Å². The second kappa shape index (κ2) is 12.3. The Kier molecular flexibility index (Phi) is 8.90. The Morgan fingerprint density at radius 1 is 1.11 bits per heavy atom. The van der Waals surface area contributed by atoms with E-state index in [1.54, 1.807) is 19.2 Å². The first-order chi connectivity index (χ1) is 17.0. The molecule has 0 saturated carbocycles. The lowest BCUT2D eigenvalue weighted by Gasteiger charge is -2.36. The van der Waals surface area contributed by atoms with Crippen LogP contribution in [0.4, 0.5) is 15.2 Å². The van der Waals surface area contributed by atoms with Gasteiger partial charge in [-0.2, -0.15) is 4.37 Å². The third kappa shape index (κ3) is 6.90. The zero-order valence-corrected chi connectivity index (χ0v) is 21.3. The Bertz CT molecular complexity index is 1110. The smallest absolute Gasteiger partial charge is 0.224 e. The molecule has 0 spiro atoms. The van der Waals surface area contributed by atoms with Crippen molar-refractivity contribution in [1.29, 1.82) is 0 Å². The molecule has 1 aromatic heterocycles. The van der Waals surface area contributed by atoms with E-state index in [4.69, 9.17) is 16.3 Å². The Morgan fingerprint density at radius 3 is 2.57 bits per heavy atom. The Morgan fingerprint density at radius 2 is 1.86 bits per heavy atom. The van der Waals surface area contributed by atoms with Gasteiger partial charge in [-0.05, 0) is 29.8 Å². The SMILES string of the molecule is COCCN(CCC(=O)N1CCN(c2ccccc2Cl)CC1)c1nc(Cc2ccc(F)cc2)ns1. The van der Waals surface area contributed by atoms with Gasteiger partial charge in [0.25, 0.3) is 0 Å². The summed E-state index contributed by atoms with van der Waals surface area (Å²) in [5, 5.41) is 1.49. The summed E-state index contributed by atoms with van der Waals surface area (Å²) in [7, 11) is 1.65. The van der Waals surface area contributed by atoms with E-state index in [0.29, 0.717) is 51.5 Å². The molecular weight excluding hydrogens is 489 g/mol. The molecule has 2 heterocycles. The molecule has 1 fully saturated rings. The molecule has 0 aliphatic carbocycles. The van der Waals surface area contributed by atoms with Crippen LogP contribution < -0.4 is 9.80 Å². The van der Waals surface area contributed by atoms with Gasteiger partial charge in [0.1, 0.15) is 11.6 Å². The highest BCUT2D eigenvalue weighted by molar-refractivity contribution is 7.09. The van der Waals surface area contributed by atoms with Crippen LogP contribution in [0.5, 0.6) is 0 Å². The minimum absolute atomic E-state index is 0.127. The van der Waals surface area contributed by atoms with Gasteiger partial charge in [0, 0.05) is 70.8 Å². The van der Waals surface area contributed by atoms with Gasteiger partial charge >= 0.3 is 0 Å². The minimum atomic E-state index is -0.263. The van der Waals surface area contributed by atoms with Gasteiger partial charge in [-0.3, -0.25) is 4.79 Å². The number of hydrogen-bond donors (Lipinski definition) is 0. The number of carbonyl (C=O) groups excluding carboxylic acids is 1. The summed E-state index contributed by atoms with van der Waals surface area (Å²) < 4.78 is 22.9. The molecule has 35 heavy (non-hydrogen) atoms. The number of aromatic nitrogens is 2. The van der Waals surface area contributed by atoms with E-state index in [1.807, 2.05) is 34.1 Å². The zero-order valence-electron chi connectivity index (χ0n) is 19.7. The first-order valence-electron chi connectivity index (χ1n) is 11.6. The van der Waals surface area contributed by atoms with Crippen LogP contribution in [-0.2, 0) is 16.0 Å². The molecule has 1 amide bonds. The van der Waals surface area contributed by atoms with Crippen molar-refractivity contribution in [3.8, 4) is 0 Å². The topological polar surface area (TPSA) is 61.8 Å². The second-order valence-corrected chi connectivity index (χ2v) is 9.48. The van der Waals surface area contributed by atoms with Crippen LogP contribution in [0.2, 0.25) is 5.02 Å². The highest BCUT2D eigenvalue weighted by Gasteiger charge is 2.23. The fraction of sp³-hybridized carbons (Fsp3) is 0.400. The van der Waals surface area contributed by atoms with Gasteiger partial charge in [-0.1, -0.05) is 35.9 Å². The number of halogens is 2. The van der Waals surface area contributed by atoms with Crippen molar-refractivity contribution in [1.82, 2.24) is 14.3 Å². The van der Waals surface area contributed by atoms with E-state index in [0.717, 1.165) is 34.5 Å². The average Bonchev–Trinajstić information content (AvgIpc) is 3.34. The largest absolute Gasteiger partial charge is 0.383 e. The standard InChI is InChI=1S/C25H29ClFN5O2S/c1-34-17-16-32(25-28-23(29-35-25)18-19-6-8-20(27)9-7-19)11-10-24(33)31-14-12-30(13-15-31)22-5-3-2-4-21(22)26/h2-9H,10-18H2,1H3. The normalized spacial score (nSPS) is 13.8. The lowest BCUT2D eigenvalue weighted by atomic mass is 10.1. The van der Waals surface area contributed by atoms with Crippen molar-refractivity contribution in [2.45, 2.75) is 12.8 Å². The van der Waals surface area contributed by atoms with Crippen LogP contribution in [0.15, 0.2) is 48.5 Å². The number of hydrogen-bond acceptors (Lipinski definition) is 7. The fourth-order valence-corrected chi connectivity index (χ4v) is 5.02. The molecule has 1 aliphatic rings. The number of rotatable bonds is 10. The maximum absolute atomic E-state index is 13.2. The third-order valence-electron chi connectivity index (χ3n) is 5.99. The maximum Gasteiger partial charge on any atom is 0.224 e. The van der Waals surface area contributed by atoms with Crippen LogP contribution in [0.3, 0.4) is 0 Å². The minimum Gasteiger partial charge on any atom is -0.383 e. The number of ether oxygens (including phenoxy) is 1. The zero-order chi connectivity index (χ0) is 24.6. The van der Waals surface area contributed by atoms with Gasteiger partial charge < -0.3 is 19.4 Å². The van der Waals surface area contributed by atoms with Crippen molar-refractivity contribution >= 4 is 39.9 Å². The van der Waals surface area contributed by atoms with Crippen molar-refractivity contribution in [2.75, 3.05) is 62.8 Å². The molecular formula is C25H29ClFN5O2S. The molecule has 1 aliphatic heterocycles. The summed E-state index contributed by atoms with van der Waals surface area (Å²) >= 11 is 7.64. The number of piperazine rings is 1. The highest BCUT2D eigenvalue weighted by atomic mass is 35.5. The first-order valence-corrected chi connectivity index (χ1v) is 12.8. The van der Waals surface area contributed by atoms with Crippen molar-refractivity contribution < 1.29 is 13.9 Å². The van der Waals surface area contributed by atoms with E-state index >= 15 is 0 Å². The number of carbonyl (C=O) groups is 1. The predicted molar refractivity (Wildman–Crippen MR) is 138 cm³/mol. The molecule has 0 unspecified atom stereocenters. The van der Waals surface area contributed by atoms with Crippen molar-refractivity contribution in [3.05, 3.63) is 70.8 Å². The number of amides is 1. The van der Waals surface area contributed by atoms with E-state index in [9.17, 15) is 9.18 Å². The maximum atomic E-state index is 13.2. The Balaban J connectivity index is 1.31. The van der Waals surface area contributed by atoms with E-state index in [-0.39, 0.29) is 11.7 Å². The van der Waals surface area contributed by atoms with Gasteiger partial charge in [0.2, 0.25) is 11.0 Å². The predicted octanol–water partition coefficient (Wildman–Crippen LogP) is 4.11. The summed E-state index contributed by atoms with van der Waals surface area (Å²) in [5.74, 6) is 0.546. The van der Waals surface area contributed by atoms with Crippen LogP contribution >= 0.6 is 23.1 Å². The fourth-order valence-electron chi connectivity index (χ4n) is 4.03. The average molecular weight is 518 g/mol. The number of anilines is 2. The summed E-state index contributed by atoms with van der Waals surface area (Å²) in [6.07, 6.45) is 0.923. The van der Waals surface area contributed by atoms with E-state index in [1.165, 1.54) is 23.7 Å². The summed E-state index contributed by atoms with van der Waals surface area (Å²) in [6.45, 7) is 4.54. The summed E-state index contributed by atoms with van der Waals surface area (Å²) in [5.41, 5.74) is 1.96. The molecule has 0 atom stereocenters. The third-order valence-corrected chi connectivity index (χ3v) is 7.12. The summed E-state index contributed by atoms with van der Waals surface area (Å²) in [6, 6.07) is 14.2. The van der Waals surface area contributed by atoms with Gasteiger partial charge in [0.05, 0.1) is 17.3 Å². The van der Waals surface area contributed by atoms with Crippen molar-refractivity contribution in [3.63, 3.8) is 0 Å². The second-order valence-electron chi connectivity index (χ2n) is 8.35. The number of para-hydroxylation sites is 1. The molecule has 186 valence electrons. The van der Waals surface area contributed by atoms with Gasteiger partial charge in [-0.25, -0.2) is 9.37 Å². The van der Waals surface area contributed by atoms with Crippen LogP contribution in [0.1, 0.15) is 17.8 Å². The lowest BCUT2D eigenvalue weighted by molar-refractivity contribution is -0.131. The van der Waals surface area contributed by atoms with Crippen LogP contribution in [0, 0.1) is 5.82 Å². The first kappa shape index (κ1) is 25.3.